The van der Waals surface area contributed by atoms with Gasteiger partial charge in [0.1, 0.15) is 23.3 Å². The number of nitrogens with one attached hydrogen (secondary N) is 2. The van der Waals surface area contributed by atoms with E-state index in [0.717, 1.165) is 5.56 Å². The van der Waals surface area contributed by atoms with Crippen molar-refractivity contribution in [2.24, 2.45) is 0 Å². The third kappa shape index (κ3) is 8.56. The van der Waals surface area contributed by atoms with Crippen LogP contribution in [0.3, 0.4) is 0 Å². The number of aromatic nitrogens is 4. The predicted molar refractivity (Wildman–Crippen MR) is 202 cm³/mol. The highest BCUT2D eigenvalue weighted by atomic mass is 35.5. The number of benzene rings is 4. The molecule has 3 unspecified atom stereocenters. The Kier molecular flexibility index (Phi) is 10.9. The van der Waals surface area contributed by atoms with Crippen molar-refractivity contribution in [3.8, 4) is 11.8 Å². The fourth-order valence-corrected chi connectivity index (χ4v) is 7.29. The molecule has 3 N–H and O–H groups in total. The summed E-state index contributed by atoms with van der Waals surface area (Å²) in [6.07, 6.45) is -1.36. The molecule has 0 spiro atoms. The summed E-state index contributed by atoms with van der Waals surface area (Å²) >= 11 is 12.8. The summed E-state index contributed by atoms with van der Waals surface area (Å²) in [5.74, 6) is -1.04. The lowest BCUT2D eigenvalue weighted by molar-refractivity contribution is -0.274. The van der Waals surface area contributed by atoms with Crippen molar-refractivity contribution in [1.82, 2.24) is 24.9 Å². The molecule has 56 heavy (non-hydrogen) atoms. The Morgan fingerprint density at radius 2 is 1.79 bits per heavy atom. The Labute approximate surface area is 327 Å². The summed E-state index contributed by atoms with van der Waals surface area (Å²) in [6.45, 7) is 0.282. The number of likely N-dealkylation sites (tertiary alicyclic amines) is 1. The van der Waals surface area contributed by atoms with Gasteiger partial charge in [-0.05, 0) is 72.9 Å². The summed E-state index contributed by atoms with van der Waals surface area (Å²) in [5, 5.41) is 35.8. The summed E-state index contributed by atoms with van der Waals surface area (Å²) in [6, 6.07) is 23.0. The second kappa shape index (κ2) is 15.9. The van der Waals surface area contributed by atoms with Crippen molar-refractivity contribution < 1.29 is 32.2 Å². The van der Waals surface area contributed by atoms with Gasteiger partial charge >= 0.3 is 12.5 Å². The Bertz CT molecular complexity index is 2430. The highest BCUT2D eigenvalue weighted by molar-refractivity contribution is 6.36. The summed E-state index contributed by atoms with van der Waals surface area (Å²) in [4.78, 5) is 18.0. The van der Waals surface area contributed by atoms with E-state index in [1.54, 1.807) is 23.0 Å². The van der Waals surface area contributed by atoms with Crippen LogP contribution < -0.4 is 15.4 Å². The molecular formula is C39H30Cl2F4N8O3. The zero-order chi connectivity index (χ0) is 39.6. The molecule has 1 saturated heterocycles. The molecule has 3 heterocycles. The molecule has 0 aliphatic carbocycles. The Hall–Kier alpha value is -6.11. The number of piperidine rings is 1. The molecule has 17 heteroatoms. The predicted octanol–water partition coefficient (Wildman–Crippen LogP) is 9.91. The summed E-state index contributed by atoms with van der Waals surface area (Å²) < 4.78 is 58.8. The van der Waals surface area contributed by atoms with Crippen LogP contribution in [0.4, 0.5) is 39.4 Å². The van der Waals surface area contributed by atoms with Crippen molar-refractivity contribution in [3.05, 3.63) is 136 Å². The third-order valence-corrected chi connectivity index (χ3v) is 10.0. The zero-order valence-corrected chi connectivity index (χ0v) is 30.5. The van der Waals surface area contributed by atoms with Gasteiger partial charge in [-0.15, -0.1) is 18.3 Å². The first kappa shape index (κ1) is 38.2. The molecule has 4 aromatic carbocycles. The molecule has 6 aromatic rings. The van der Waals surface area contributed by atoms with E-state index in [0.29, 0.717) is 58.5 Å². The molecule has 1 aliphatic heterocycles. The average molecular weight is 806 g/mol. The number of nitrogens with zero attached hydrogens (tertiary/aromatic N) is 6. The SMILES string of the molecule is N#Cc1cnc2c(Cl)cc(NC(c3ccc(OC(F)(F)F)cc3)c3cn(C4CCN(C(=O)O)C(Cc5ccccc5)C4)nn3)cc2c1Nc1ccc(F)c(Cl)c1. The molecule has 11 nitrogen and oxygen atoms in total. The molecule has 1 fully saturated rings. The maximum atomic E-state index is 13.9. The van der Waals surface area contributed by atoms with Crippen LogP contribution in [0.25, 0.3) is 10.9 Å². The number of pyridine rings is 1. The molecule has 0 bridgehead atoms. The molecule has 3 atom stereocenters. The quantitative estimate of drug-likeness (QED) is 0.115. The Balaban J connectivity index is 1.24. The fraction of sp³-hybridized carbons (Fsp3) is 0.205. The first-order valence-electron chi connectivity index (χ1n) is 17.2. The van der Waals surface area contributed by atoms with Gasteiger partial charge in [0, 0.05) is 35.5 Å². The molecular weight excluding hydrogens is 775 g/mol. The van der Waals surface area contributed by atoms with Crippen molar-refractivity contribution in [2.75, 3.05) is 17.2 Å². The van der Waals surface area contributed by atoms with Gasteiger partial charge in [0.05, 0.1) is 45.1 Å². The van der Waals surface area contributed by atoms with Crippen LogP contribution in [0.15, 0.2) is 97.3 Å². The maximum absolute atomic E-state index is 13.9. The van der Waals surface area contributed by atoms with Crippen LogP contribution >= 0.6 is 23.2 Å². The minimum absolute atomic E-state index is 0.131. The number of hydrogen-bond acceptors (Lipinski definition) is 8. The second-order valence-electron chi connectivity index (χ2n) is 13.1. The molecule has 1 aliphatic rings. The van der Waals surface area contributed by atoms with Crippen molar-refractivity contribution in [2.45, 2.75) is 43.8 Å². The van der Waals surface area contributed by atoms with Gasteiger partial charge in [-0.1, -0.05) is 70.9 Å². The smallest absolute Gasteiger partial charge is 0.465 e. The number of nitriles is 1. The second-order valence-corrected chi connectivity index (χ2v) is 13.9. The highest BCUT2D eigenvalue weighted by Gasteiger charge is 2.34. The summed E-state index contributed by atoms with van der Waals surface area (Å²) in [5.41, 5.74) is 3.53. The minimum Gasteiger partial charge on any atom is -0.465 e. The first-order chi connectivity index (χ1) is 26.8. The number of rotatable bonds is 10. The van der Waals surface area contributed by atoms with E-state index in [1.165, 1.54) is 53.6 Å². The van der Waals surface area contributed by atoms with Crippen molar-refractivity contribution in [3.63, 3.8) is 0 Å². The van der Waals surface area contributed by atoms with E-state index < -0.39 is 30.1 Å². The number of fused-ring (bicyclic) bond motifs is 1. The number of carbonyl (C=O) groups is 1. The number of anilines is 3. The molecule has 0 saturated carbocycles. The molecule has 286 valence electrons. The number of amides is 1. The van der Waals surface area contributed by atoms with Gasteiger partial charge in [0.25, 0.3) is 0 Å². The van der Waals surface area contributed by atoms with Gasteiger partial charge in [-0.3, -0.25) is 4.98 Å². The zero-order valence-electron chi connectivity index (χ0n) is 29.0. The van der Waals surface area contributed by atoms with E-state index in [4.69, 9.17) is 23.2 Å². The Morgan fingerprint density at radius 3 is 2.48 bits per heavy atom. The van der Waals surface area contributed by atoms with Gasteiger partial charge < -0.3 is 25.4 Å². The minimum atomic E-state index is -4.89. The third-order valence-electron chi connectivity index (χ3n) is 9.44. The monoisotopic (exact) mass is 804 g/mol. The standard InChI is InChI=1S/C39H30Cl2F4N8O3/c40-31-16-25(8-11-33(31)42)48-35-24(19-46)20-47-37-30(35)15-26(17-32(37)41)49-36(23-6-9-29(10-7-23)56-39(43,44)45)34-21-53(51-50-34)27-12-13-52(38(54)55)28(18-27)14-22-4-2-1-3-5-22/h1-11,15-17,20-21,27-28,36,49H,12-14,18H2,(H,47,48)(H,54,55). The van der Waals surface area contributed by atoms with Gasteiger partial charge in [0.2, 0.25) is 0 Å². The highest BCUT2D eigenvalue weighted by Crippen LogP contribution is 2.38. The Morgan fingerprint density at radius 1 is 1.04 bits per heavy atom. The topological polar surface area (TPSA) is 141 Å². The number of carboxylic acid groups (broad SMARTS) is 1. The average Bonchev–Trinajstić information content (AvgIpc) is 3.66. The van der Waals surface area contributed by atoms with Crippen LogP contribution in [0, 0.1) is 17.1 Å². The van der Waals surface area contributed by atoms with Crippen LogP contribution in [0.1, 0.15) is 47.3 Å². The van der Waals surface area contributed by atoms with Gasteiger partial charge in [-0.25, -0.2) is 13.9 Å². The lowest BCUT2D eigenvalue weighted by atomic mass is 9.92. The molecule has 7 rings (SSSR count). The normalized spacial score (nSPS) is 16.3. The maximum Gasteiger partial charge on any atom is 0.573 e. The van der Waals surface area contributed by atoms with Crippen molar-refractivity contribution >= 4 is 57.3 Å². The van der Waals surface area contributed by atoms with Crippen LogP contribution in [0.2, 0.25) is 10.0 Å². The van der Waals surface area contributed by atoms with Crippen LogP contribution in [-0.4, -0.2) is 55.0 Å². The van der Waals surface area contributed by atoms with Crippen LogP contribution in [0.5, 0.6) is 5.75 Å². The first-order valence-corrected chi connectivity index (χ1v) is 17.9. The van der Waals surface area contributed by atoms with E-state index in [2.05, 4.69) is 36.7 Å². The van der Waals surface area contributed by atoms with Gasteiger partial charge in [-0.2, -0.15) is 5.26 Å². The largest absolute Gasteiger partial charge is 0.573 e. The number of alkyl halides is 3. The van der Waals surface area contributed by atoms with E-state index in [1.807, 2.05) is 30.3 Å². The lowest BCUT2D eigenvalue weighted by Crippen LogP contribution is -2.47. The number of halogens is 6. The summed E-state index contributed by atoms with van der Waals surface area (Å²) in [7, 11) is 0. The van der Waals surface area contributed by atoms with Gasteiger partial charge in [0.15, 0.2) is 0 Å². The molecule has 2 aromatic heterocycles. The number of hydrogen-bond donors (Lipinski definition) is 3. The molecule has 1 amide bonds. The van der Waals surface area contributed by atoms with E-state index in [-0.39, 0.29) is 34.2 Å². The van der Waals surface area contributed by atoms with Crippen LogP contribution in [-0.2, 0) is 6.42 Å². The molecule has 0 radical (unpaired) electrons. The number of ether oxygens (including phenoxy) is 1. The van der Waals surface area contributed by atoms with E-state index in [9.17, 15) is 32.7 Å². The fourth-order valence-electron chi connectivity index (χ4n) is 6.84. The lowest BCUT2D eigenvalue weighted by Gasteiger charge is -2.37. The van der Waals surface area contributed by atoms with Crippen molar-refractivity contribution in [1.29, 1.82) is 5.26 Å². The van der Waals surface area contributed by atoms with E-state index >= 15 is 0 Å².